The van der Waals surface area contributed by atoms with Crippen molar-refractivity contribution in [1.82, 2.24) is 5.32 Å². The van der Waals surface area contributed by atoms with Crippen LogP contribution in [0.25, 0.3) is 0 Å². The van der Waals surface area contributed by atoms with Crippen LogP contribution in [0.3, 0.4) is 0 Å². The number of hydrogen-bond acceptors (Lipinski definition) is 6. The highest BCUT2D eigenvalue weighted by atomic mass is 32.1. The number of esters is 1. The number of hydrogen-bond donors (Lipinski definition) is 1. The highest BCUT2D eigenvalue weighted by Gasteiger charge is 2.16. The lowest BCUT2D eigenvalue weighted by Gasteiger charge is -2.11. The van der Waals surface area contributed by atoms with Crippen molar-refractivity contribution in [3.63, 3.8) is 0 Å². The molecule has 0 saturated carbocycles. The van der Waals surface area contributed by atoms with Crippen LogP contribution in [0.1, 0.15) is 28.1 Å². The maximum absolute atomic E-state index is 12.0. The average molecular weight is 375 g/mol. The zero-order chi connectivity index (χ0) is 18.2. The largest absolute Gasteiger partial charge is 0.491 e. The van der Waals surface area contributed by atoms with Gasteiger partial charge in [0.1, 0.15) is 12.4 Å². The van der Waals surface area contributed by atoms with Gasteiger partial charge in [-0.1, -0.05) is 6.07 Å². The summed E-state index contributed by atoms with van der Waals surface area (Å²) in [5, 5.41) is 4.65. The second-order valence-corrected chi connectivity index (χ2v) is 6.93. The molecule has 1 saturated heterocycles. The van der Waals surface area contributed by atoms with Gasteiger partial charge in [0.15, 0.2) is 6.61 Å². The van der Waals surface area contributed by atoms with E-state index in [9.17, 15) is 9.59 Å². The molecule has 0 aliphatic carbocycles. The van der Waals surface area contributed by atoms with Crippen molar-refractivity contribution in [2.45, 2.75) is 25.5 Å². The minimum Gasteiger partial charge on any atom is -0.491 e. The maximum atomic E-state index is 12.0. The number of rotatable bonds is 8. The molecule has 1 N–H and O–H groups in total. The van der Waals surface area contributed by atoms with Crippen LogP contribution in [0.15, 0.2) is 41.8 Å². The molecular formula is C19H21NO5S. The highest BCUT2D eigenvalue weighted by Crippen LogP contribution is 2.17. The number of carbonyl (C=O) groups is 2. The predicted molar refractivity (Wildman–Crippen MR) is 97.4 cm³/mol. The minimum absolute atomic E-state index is 0.146. The minimum atomic E-state index is -0.540. The van der Waals surface area contributed by atoms with Crippen LogP contribution in [-0.2, 0) is 20.8 Å². The van der Waals surface area contributed by atoms with Gasteiger partial charge in [0.2, 0.25) is 0 Å². The van der Waals surface area contributed by atoms with Gasteiger partial charge in [-0.3, -0.25) is 4.79 Å². The molecule has 1 atom stereocenters. The lowest BCUT2D eigenvalue weighted by molar-refractivity contribution is -0.124. The summed E-state index contributed by atoms with van der Waals surface area (Å²) in [6, 6.07) is 10.5. The molecule has 0 spiro atoms. The first-order valence-corrected chi connectivity index (χ1v) is 9.39. The Morgan fingerprint density at radius 3 is 2.77 bits per heavy atom. The predicted octanol–water partition coefficient (Wildman–Crippen LogP) is 2.78. The van der Waals surface area contributed by atoms with Gasteiger partial charge < -0.3 is 19.5 Å². The number of carbonyl (C=O) groups excluding carboxylic acids is 2. The second kappa shape index (κ2) is 9.35. The van der Waals surface area contributed by atoms with Crippen LogP contribution in [-0.4, -0.2) is 37.8 Å². The van der Waals surface area contributed by atoms with Crippen LogP contribution >= 0.6 is 11.3 Å². The molecule has 2 aromatic rings. The highest BCUT2D eigenvalue weighted by molar-refractivity contribution is 7.09. The lowest BCUT2D eigenvalue weighted by Crippen LogP contribution is -2.28. The Morgan fingerprint density at radius 1 is 1.23 bits per heavy atom. The van der Waals surface area contributed by atoms with E-state index < -0.39 is 5.97 Å². The summed E-state index contributed by atoms with van der Waals surface area (Å²) in [6.45, 7) is 1.43. The van der Waals surface area contributed by atoms with Crippen LogP contribution in [0.2, 0.25) is 0 Å². The van der Waals surface area contributed by atoms with E-state index in [-0.39, 0.29) is 18.6 Å². The first kappa shape index (κ1) is 18.4. The fourth-order valence-corrected chi connectivity index (χ4v) is 3.16. The molecule has 1 unspecified atom stereocenters. The third-order valence-electron chi connectivity index (χ3n) is 3.92. The van der Waals surface area contributed by atoms with Gasteiger partial charge in [-0.25, -0.2) is 4.79 Å². The van der Waals surface area contributed by atoms with E-state index in [4.69, 9.17) is 14.2 Å². The molecule has 1 aliphatic rings. The summed E-state index contributed by atoms with van der Waals surface area (Å²) in [7, 11) is 0. The SMILES string of the molecule is O=C(COC(=O)c1ccc(OCC2CCCO2)cc1)NCc1cccs1. The molecule has 2 heterocycles. The van der Waals surface area contributed by atoms with E-state index in [2.05, 4.69) is 5.32 Å². The maximum Gasteiger partial charge on any atom is 0.338 e. The van der Waals surface area contributed by atoms with Crippen molar-refractivity contribution in [1.29, 1.82) is 0 Å². The fourth-order valence-electron chi connectivity index (χ4n) is 2.52. The zero-order valence-corrected chi connectivity index (χ0v) is 15.1. The molecule has 3 rings (SSSR count). The monoisotopic (exact) mass is 375 g/mol. The molecule has 1 aliphatic heterocycles. The third kappa shape index (κ3) is 5.57. The topological polar surface area (TPSA) is 73.9 Å². The zero-order valence-electron chi connectivity index (χ0n) is 14.3. The van der Waals surface area contributed by atoms with E-state index in [1.807, 2.05) is 17.5 Å². The Morgan fingerprint density at radius 2 is 2.08 bits per heavy atom. The third-order valence-corrected chi connectivity index (χ3v) is 4.80. The first-order valence-electron chi connectivity index (χ1n) is 8.51. The summed E-state index contributed by atoms with van der Waals surface area (Å²) >= 11 is 1.56. The van der Waals surface area contributed by atoms with Crippen molar-refractivity contribution >= 4 is 23.2 Å². The van der Waals surface area contributed by atoms with Crippen molar-refractivity contribution in [3.05, 3.63) is 52.2 Å². The van der Waals surface area contributed by atoms with Gasteiger partial charge in [-0.2, -0.15) is 0 Å². The van der Waals surface area contributed by atoms with Crippen LogP contribution in [0, 0.1) is 0 Å². The lowest BCUT2D eigenvalue weighted by atomic mass is 10.2. The van der Waals surface area contributed by atoms with Gasteiger partial charge in [0.25, 0.3) is 5.91 Å². The number of thiophene rings is 1. The van der Waals surface area contributed by atoms with Crippen LogP contribution < -0.4 is 10.1 Å². The Hall–Kier alpha value is -2.38. The molecule has 138 valence electrons. The summed E-state index contributed by atoms with van der Waals surface area (Å²) < 4.78 is 16.2. The van der Waals surface area contributed by atoms with Gasteiger partial charge >= 0.3 is 5.97 Å². The van der Waals surface area contributed by atoms with Crippen molar-refractivity contribution in [3.8, 4) is 5.75 Å². The molecular weight excluding hydrogens is 354 g/mol. The fraction of sp³-hybridized carbons (Fsp3) is 0.368. The summed E-state index contributed by atoms with van der Waals surface area (Å²) in [6.07, 6.45) is 2.23. The first-order chi connectivity index (χ1) is 12.7. The van der Waals surface area contributed by atoms with Gasteiger partial charge in [0, 0.05) is 11.5 Å². The van der Waals surface area contributed by atoms with Crippen LogP contribution in [0.5, 0.6) is 5.75 Å². The molecule has 1 fully saturated rings. The van der Waals surface area contributed by atoms with Gasteiger partial charge in [-0.15, -0.1) is 11.3 Å². The smallest absolute Gasteiger partial charge is 0.338 e. The average Bonchev–Trinajstić information content (AvgIpc) is 3.37. The molecule has 26 heavy (non-hydrogen) atoms. The van der Waals surface area contributed by atoms with E-state index >= 15 is 0 Å². The van der Waals surface area contributed by atoms with Gasteiger partial charge in [0.05, 0.1) is 18.2 Å². The summed E-state index contributed by atoms with van der Waals surface area (Å²) in [5.74, 6) is -0.198. The van der Waals surface area contributed by atoms with E-state index in [1.165, 1.54) is 0 Å². The number of ether oxygens (including phenoxy) is 3. The van der Waals surface area contributed by atoms with Gasteiger partial charge in [-0.05, 0) is 48.6 Å². The Labute approximate surface area is 156 Å². The van der Waals surface area contributed by atoms with Crippen molar-refractivity contribution in [2.75, 3.05) is 19.8 Å². The normalized spacial score (nSPS) is 16.2. The summed E-state index contributed by atoms with van der Waals surface area (Å²) in [4.78, 5) is 24.8. The molecule has 0 bridgehead atoms. The Balaban J connectivity index is 1.38. The molecule has 1 amide bonds. The molecule has 1 aromatic carbocycles. The van der Waals surface area contributed by atoms with Crippen molar-refractivity contribution in [2.24, 2.45) is 0 Å². The van der Waals surface area contributed by atoms with E-state index in [0.717, 1.165) is 24.3 Å². The number of amides is 1. The summed E-state index contributed by atoms with van der Waals surface area (Å²) in [5.41, 5.74) is 0.375. The number of nitrogens with one attached hydrogen (secondary N) is 1. The standard InChI is InChI=1S/C19H21NO5S/c21-18(20-11-17-4-2-10-26-17)13-25-19(22)14-5-7-15(8-6-14)24-12-16-3-1-9-23-16/h2,4-8,10,16H,1,3,9,11-13H2,(H,20,21). The Kier molecular flexibility index (Phi) is 6.62. The van der Waals surface area contributed by atoms with Crippen molar-refractivity contribution < 1.29 is 23.8 Å². The molecule has 1 aromatic heterocycles. The van der Waals surface area contributed by atoms with E-state index in [0.29, 0.717) is 24.5 Å². The quantitative estimate of drug-likeness (QED) is 0.718. The molecule has 6 nitrogen and oxygen atoms in total. The van der Waals surface area contributed by atoms with E-state index in [1.54, 1.807) is 35.6 Å². The number of benzene rings is 1. The molecule has 0 radical (unpaired) electrons. The molecule has 7 heteroatoms. The second-order valence-electron chi connectivity index (χ2n) is 5.90. The van der Waals surface area contributed by atoms with Crippen LogP contribution in [0.4, 0.5) is 0 Å². The Bertz CT molecular complexity index is 708.